The van der Waals surface area contributed by atoms with Gasteiger partial charge in [-0.1, -0.05) is 0 Å². The summed E-state index contributed by atoms with van der Waals surface area (Å²) in [5, 5.41) is 3.01. The first-order valence-electron chi connectivity index (χ1n) is 6.31. The Morgan fingerprint density at radius 3 is 2.70 bits per heavy atom. The van der Waals surface area contributed by atoms with E-state index in [-0.39, 0.29) is 6.54 Å². The van der Waals surface area contributed by atoms with Crippen LogP contribution in [0.25, 0.3) is 0 Å². The van der Waals surface area contributed by atoms with E-state index in [2.05, 4.69) is 10.0 Å². The zero-order valence-corrected chi connectivity index (χ0v) is 13.7. The summed E-state index contributed by atoms with van der Waals surface area (Å²) in [6, 6.07) is 1.71. The molecule has 116 valence electrons. The van der Waals surface area contributed by atoms with Crippen molar-refractivity contribution in [3.05, 3.63) is 15.8 Å². The molecule has 20 heavy (non-hydrogen) atoms. The number of hydrogen-bond donors (Lipinski definition) is 2. The van der Waals surface area contributed by atoms with Crippen molar-refractivity contribution in [1.29, 1.82) is 0 Å². The molecule has 0 aliphatic rings. The maximum Gasteiger partial charge on any atom is 0.241 e. The maximum atomic E-state index is 12.2. The molecule has 0 unspecified atom stereocenters. The Kier molecular flexibility index (Phi) is 7.63. The number of nitrogens with one attached hydrogen (secondary N) is 2. The molecular weight excluding hydrogens is 300 g/mol. The van der Waals surface area contributed by atoms with E-state index in [0.29, 0.717) is 31.3 Å². The van der Waals surface area contributed by atoms with Crippen LogP contribution in [0, 0.1) is 6.92 Å². The molecule has 0 fully saturated rings. The highest BCUT2D eigenvalue weighted by molar-refractivity contribution is 7.89. The molecular formula is C12H22N2O4S2. The lowest BCUT2D eigenvalue weighted by Gasteiger charge is -2.07. The third-order valence-corrected chi connectivity index (χ3v) is 5.30. The van der Waals surface area contributed by atoms with Crippen molar-refractivity contribution in [3.63, 3.8) is 0 Å². The third-order valence-electron chi connectivity index (χ3n) is 2.53. The molecule has 0 amide bonds. The minimum absolute atomic E-state index is 0.253. The predicted molar refractivity (Wildman–Crippen MR) is 79.7 cm³/mol. The lowest BCUT2D eigenvalue weighted by Crippen LogP contribution is -2.28. The number of sulfonamides is 1. The van der Waals surface area contributed by atoms with Gasteiger partial charge in [0, 0.05) is 30.0 Å². The topological polar surface area (TPSA) is 76.7 Å². The summed E-state index contributed by atoms with van der Waals surface area (Å²) in [4.78, 5) is 2.15. The number of ether oxygens (including phenoxy) is 2. The second-order valence-corrected chi connectivity index (χ2v) is 7.24. The van der Waals surface area contributed by atoms with Crippen LogP contribution in [0.15, 0.2) is 11.0 Å². The van der Waals surface area contributed by atoms with Gasteiger partial charge < -0.3 is 14.8 Å². The van der Waals surface area contributed by atoms with Crippen LogP contribution >= 0.6 is 11.3 Å². The first-order valence-corrected chi connectivity index (χ1v) is 8.61. The Hall–Kier alpha value is -0.510. The van der Waals surface area contributed by atoms with Crippen molar-refractivity contribution in [2.75, 3.05) is 40.5 Å². The average Bonchev–Trinajstić information content (AvgIpc) is 2.76. The van der Waals surface area contributed by atoms with Crippen molar-refractivity contribution in [2.24, 2.45) is 0 Å². The maximum absolute atomic E-state index is 12.2. The summed E-state index contributed by atoms with van der Waals surface area (Å²) in [6.07, 6.45) is 0. The first-order chi connectivity index (χ1) is 9.51. The summed E-state index contributed by atoms with van der Waals surface area (Å²) < 4.78 is 36.9. The second-order valence-electron chi connectivity index (χ2n) is 4.17. The number of hydrogen-bond acceptors (Lipinski definition) is 6. The Morgan fingerprint density at radius 1 is 1.30 bits per heavy atom. The van der Waals surface area contributed by atoms with Gasteiger partial charge in [-0.05, 0) is 20.0 Å². The largest absolute Gasteiger partial charge is 0.382 e. The Bertz CT molecular complexity index is 500. The van der Waals surface area contributed by atoms with E-state index in [9.17, 15) is 8.42 Å². The summed E-state index contributed by atoms with van der Waals surface area (Å²) >= 11 is 1.49. The van der Waals surface area contributed by atoms with E-state index in [1.54, 1.807) is 13.2 Å². The fraction of sp³-hybridized carbons (Fsp3) is 0.667. The van der Waals surface area contributed by atoms with Gasteiger partial charge in [0.1, 0.15) is 0 Å². The van der Waals surface area contributed by atoms with Gasteiger partial charge in [0.25, 0.3) is 0 Å². The van der Waals surface area contributed by atoms with Gasteiger partial charge >= 0.3 is 0 Å². The molecule has 0 radical (unpaired) electrons. The molecule has 0 bridgehead atoms. The van der Waals surface area contributed by atoms with Gasteiger partial charge in [-0.15, -0.1) is 11.3 Å². The Labute approximate surface area is 124 Å². The van der Waals surface area contributed by atoms with Crippen molar-refractivity contribution in [2.45, 2.75) is 18.4 Å². The number of thiophene rings is 1. The third kappa shape index (κ3) is 5.47. The summed E-state index contributed by atoms with van der Waals surface area (Å²) in [6.45, 7) is 4.03. The molecule has 1 aromatic rings. The molecule has 2 N–H and O–H groups in total. The lowest BCUT2D eigenvalue weighted by molar-refractivity contribution is 0.0736. The fourth-order valence-corrected chi connectivity index (χ4v) is 4.28. The van der Waals surface area contributed by atoms with E-state index < -0.39 is 10.0 Å². The molecule has 6 nitrogen and oxygen atoms in total. The van der Waals surface area contributed by atoms with Crippen LogP contribution in [0.5, 0.6) is 0 Å². The number of aryl methyl sites for hydroxylation is 1. The monoisotopic (exact) mass is 322 g/mol. The van der Waals surface area contributed by atoms with Crippen LogP contribution in [0.4, 0.5) is 0 Å². The standard InChI is InChI=1S/C12H22N2O4S2/c1-10-12(8-11(19-10)9-13-2)20(15,16)14-4-5-18-7-6-17-3/h8,13-14H,4-7,9H2,1-3H3. The van der Waals surface area contributed by atoms with Crippen LogP contribution in [-0.4, -0.2) is 48.9 Å². The lowest BCUT2D eigenvalue weighted by atomic mass is 10.4. The number of rotatable bonds is 10. The van der Waals surface area contributed by atoms with Gasteiger partial charge in [0.2, 0.25) is 10.0 Å². The Balaban J connectivity index is 2.51. The zero-order valence-electron chi connectivity index (χ0n) is 12.1. The van der Waals surface area contributed by atoms with Crippen LogP contribution < -0.4 is 10.0 Å². The Morgan fingerprint density at radius 2 is 2.05 bits per heavy atom. The van der Waals surface area contributed by atoms with E-state index in [1.807, 2.05) is 14.0 Å². The smallest absolute Gasteiger partial charge is 0.241 e. The molecule has 8 heteroatoms. The summed E-state index contributed by atoms with van der Waals surface area (Å²) in [7, 11) is -0.0362. The minimum Gasteiger partial charge on any atom is -0.382 e. The molecule has 0 atom stereocenters. The zero-order chi connectivity index (χ0) is 15.0. The molecule has 1 rings (SSSR count). The molecule has 0 aliphatic heterocycles. The molecule has 0 aromatic carbocycles. The molecule has 0 saturated carbocycles. The van der Waals surface area contributed by atoms with Gasteiger partial charge in [-0.2, -0.15) is 0 Å². The van der Waals surface area contributed by atoms with Gasteiger partial charge in [0.15, 0.2) is 0 Å². The van der Waals surface area contributed by atoms with E-state index >= 15 is 0 Å². The van der Waals surface area contributed by atoms with Crippen LogP contribution in [0.1, 0.15) is 9.75 Å². The molecule has 1 aromatic heterocycles. The highest BCUT2D eigenvalue weighted by Gasteiger charge is 2.19. The summed E-state index contributed by atoms with van der Waals surface area (Å²) in [5.74, 6) is 0. The molecule has 0 aliphatic carbocycles. The van der Waals surface area contributed by atoms with Gasteiger partial charge in [-0.3, -0.25) is 0 Å². The van der Waals surface area contributed by atoms with Gasteiger partial charge in [0.05, 0.1) is 24.7 Å². The number of methoxy groups -OCH3 is 1. The highest BCUT2D eigenvalue weighted by atomic mass is 32.2. The van der Waals surface area contributed by atoms with E-state index in [1.165, 1.54) is 11.3 Å². The van der Waals surface area contributed by atoms with Crippen LogP contribution in [0.3, 0.4) is 0 Å². The van der Waals surface area contributed by atoms with Crippen molar-refractivity contribution in [1.82, 2.24) is 10.0 Å². The first kappa shape index (κ1) is 17.5. The van der Waals surface area contributed by atoms with Crippen molar-refractivity contribution < 1.29 is 17.9 Å². The fourth-order valence-electron chi connectivity index (χ4n) is 1.62. The van der Waals surface area contributed by atoms with Crippen LogP contribution in [0.2, 0.25) is 0 Å². The second kappa shape index (κ2) is 8.71. The minimum atomic E-state index is -3.46. The van der Waals surface area contributed by atoms with E-state index in [0.717, 1.165) is 9.75 Å². The van der Waals surface area contributed by atoms with Crippen molar-refractivity contribution >= 4 is 21.4 Å². The highest BCUT2D eigenvalue weighted by Crippen LogP contribution is 2.25. The predicted octanol–water partition coefficient (Wildman–Crippen LogP) is 0.717. The molecule has 1 heterocycles. The van der Waals surface area contributed by atoms with Crippen molar-refractivity contribution in [3.8, 4) is 0 Å². The normalized spacial score (nSPS) is 11.9. The molecule has 0 spiro atoms. The summed E-state index contributed by atoms with van der Waals surface area (Å²) in [5.41, 5.74) is 0. The SMILES string of the molecule is CNCc1cc(S(=O)(=O)NCCOCCOC)c(C)s1. The van der Waals surface area contributed by atoms with Crippen LogP contribution in [-0.2, 0) is 26.0 Å². The van der Waals surface area contributed by atoms with E-state index in [4.69, 9.17) is 9.47 Å². The molecule has 0 saturated heterocycles. The quantitative estimate of drug-likeness (QED) is 0.621. The average molecular weight is 322 g/mol. The van der Waals surface area contributed by atoms with Gasteiger partial charge in [-0.25, -0.2) is 13.1 Å².